The van der Waals surface area contributed by atoms with Crippen LogP contribution in [0.25, 0.3) is 0 Å². The molecule has 1 saturated heterocycles. The lowest BCUT2D eigenvalue weighted by molar-refractivity contribution is -0.131. The van der Waals surface area contributed by atoms with E-state index in [1.807, 2.05) is 0 Å². The Balaban J connectivity index is 1.88. The fourth-order valence-corrected chi connectivity index (χ4v) is 2.74. The average Bonchev–Trinajstić information content (AvgIpc) is 2.46. The Bertz CT molecular complexity index is 479. The summed E-state index contributed by atoms with van der Waals surface area (Å²) in [7, 11) is 0. The van der Waals surface area contributed by atoms with Crippen LogP contribution >= 0.6 is 0 Å². The Labute approximate surface area is 117 Å². The minimum Gasteiger partial charge on any atom is -0.341 e. The highest BCUT2D eigenvalue weighted by Crippen LogP contribution is 2.22. The van der Waals surface area contributed by atoms with Crippen LogP contribution in [0.2, 0.25) is 0 Å². The van der Waals surface area contributed by atoms with Crippen molar-refractivity contribution in [3.05, 3.63) is 35.4 Å². The third-order valence-corrected chi connectivity index (χ3v) is 3.88. The van der Waals surface area contributed by atoms with Crippen molar-refractivity contribution < 1.29 is 13.6 Å². The van der Waals surface area contributed by atoms with Crippen LogP contribution in [-0.4, -0.2) is 30.4 Å². The second kappa shape index (κ2) is 6.79. The zero-order chi connectivity index (χ0) is 14.5. The maximum absolute atomic E-state index is 13.5. The lowest BCUT2D eigenvalue weighted by Crippen LogP contribution is -2.43. The molecule has 1 aliphatic rings. The summed E-state index contributed by atoms with van der Waals surface area (Å²) in [5, 5.41) is 0. The van der Waals surface area contributed by atoms with Gasteiger partial charge in [0.25, 0.3) is 0 Å². The Morgan fingerprint density at radius 1 is 1.40 bits per heavy atom. The van der Waals surface area contributed by atoms with Gasteiger partial charge in [0.15, 0.2) is 0 Å². The number of amides is 1. The minimum absolute atomic E-state index is 0.0253. The smallest absolute Gasteiger partial charge is 0.236 e. The van der Waals surface area contributed by atoms with Crippen LogP contribution in [0.15, 0.2) is 18.2 Å². The molecule has 5 heteroatoms. The Morgan fingerprint density at radius 2 is 2.20 bits per heavy atom. The van der Waals surface area contributed by atoms with E-state index >= 15 is 0 Å². The van der Waals surface area contributed by atoms with Crippen molar-refractivity contribution in [1.82, 2.24) is 4.90 Å². The predicted octanol–water partition coefficient (Wildman–Crippen LogP) is 2.09. The number of halogens is 2. The normalized spacial score (nSPS) is 19.1. The first kappa shape index (κ1) is 14.9. The zero-order valence-electron chi connectivity index (χ0n) is 11.4. The maximum atomic E-state index is 13.5. The van der Waals surface area contributed by atoms with Crippen LogP contribution in [-0.2, 0) is 11.2 Å². The van der Waals surface area contributed by atoms with Gasteiger partial charge in [-0.3, -0.25) is 4.79 Å². The van der Waals surface area contributed by atoms with Crippen LogP contribution < -0.4 is 5.73 Å². The number of likely N-dealkylation sites (tertiary alicyclic amines) is 1. The van der Waals surface area contributed by atoms with Crippen LogP contribution in [0.1, 0.15) is 24.8 Å². The van der Waals surface area contributed by atoms with Gasteiger partial charge in [-0.2, -0.15) is 0 Å². The molecule has 1 aliphatic heterocycles. The molecule has 0 bridgehead atoms. The molecule has 1 atom stereocenters. The molecule has 0 aliphatic carbocycles. The molecule has 0 aromatic heterocycles. The van der Waals surface area contributed by atoms with Crippen molar-refractivity contribution in [3.63, 3.8) is 0 Å². The monoisotopic (exact) mass is 282 g/mol. The van der Waals surface area contributed by atoms with E-state index in [0.29, 0.717) is 24.4 Å². The highest BCUT2D eigenvalue weighted by Gasteiger charge is 2.22. The van der Waals surface area contributed by atoms with Crippen molar-refractivity contribution in [2.75, 3.05) is 19.6 Å². The molecule has 1 amide bonds. The van der Waals surface area contributed by atoms with Gasteiger partial charge >= 0.3 is 0 Å². The number of piperidine rings is 1. The molecular formula is C15H20F2N2O. The maximum Gasteiger partial charge on any atom is 0.236 e. The Hall–Kier alpha value is -1.49. The van der Waals surface area contributed by atoms with Gasteiger partial charge in [-0.1, -0.05) is 6.07 Å². The third-order valence-electron chi connectivity index (χ3n) is 3.88. The average molecular weight is 282 g/mol. The van der Waals surface area contributed by atoms with Gasteiger partial charge in [0.2, 0.25) is 5.91 Å². The molecule has 1 heterocycles. The van der Waals surface area contributed by atoms with Gasteiger partial charge in [-0.05, 0) is 43.2 Å². The number of aryl methyl sites for hydroxylation is 1. The fourth-order valence-electron chi connectivity index (χ4n) is 2.74. The second-order valence-electron chi connectivity index (χ2n) is 5.33. The van der Waals surface area contributed by atoms with Crippen LogP contribution in [0.5, 0.6) is 0 Å². The first-order valence-corrected chi connectivity index (χ1v) is 7.02. The molecule has 20 heavy (non-hydrogen) atoms. The summed E-state index contributed by atoms with van der Waals surface area (Å²) in [6.45, 7) is 1.50. The largest absolute Gasteiger partial charge is 0.341 e. The number of hydrogen-bond acceptors (Lipinski definition) is 2. The van der Waals surface area contributed by atoms with E-state index in [-0.39, 0.29) is 12.5 Å². The van der Waals surface area contributed by atoms with Gasteiger partial charge in [-0.25, -0.2) is 8.78 Å². The summed E-state index contributed by atoms with van der Waals surface area (Å²) in [4.78, 5) is 13.4. The molecule has 2 rings (SSSR count). The molecular weight excluding hydrogens is 262 g/mol. The van der Waals surface area contributed by atoms with E-state index in [4.69, 9.17) is 5.73 Å². The number of hydrogen-bond donors (Lipinski definition) is 1. The number of nitrogens with two attached hydrogens (primary N) is 1. The summed E-state index contributed by atoms with van der Waals surface area (Å²) in [5.41, 5.74) is 5.91. The SMILES string of the molecule is NCC(=O)N1CCCC(CCc2ccc(F)cc2F)C1. The molecule has 1 fully saturated rings. The van der Waals surface area contributed by atoms with Gasteiger partial charge in [-0.15, -0.1) is 0 Å². The summed E-state index contributed by atoms with van der Waals surface area (Å²) < 4.78 is 26.4. The first-order chi connectivity index (χ1) is 9.60. The highest BCUT2D eigenvalue weighted by molar-refractivity contribution is 5.78. The number of nitrogens with zero attached hydrogens (tertiary/aromatic N) is 1. The molecule has 1 aromatic carbocycles. The Kier molecular flexibility index (Phi) is 5.06. The van der Waals surface area contributed by atoms with Crippen LogP contribution in [0, 0.1) is 17.6 Å². The number of carbonyl (C=O) groups is 1. The molecule has 3 nitrogen and oxygen atoms in total. The number of rotatable bonds is 4. The molecule has 0 radical (unpaired) electrons. The van der Waals surface area contributed by atoms with E-state index < -0.39 is 11.6 Å². The van der Waals surface area contributed by atoms with Crippen molar-refractivity contribution in [2.45, 2.75) is 25.7 Å². The standard InChI is InChI=1S/C15H20F2N2O/c16-13-6-5-12(14(17)8-13)4-3-11-2-1-7-19(10-11)15(20)9-18/h5-6,8,11H,1-4,7,9-10,18H2. The highest BCUT2D eigenvalue weighted by atomic mass is 19.1. The summed E-state index contributed by atoms with van der Waals surface area (Å²) in [5.74, 6) is -0.703. The van der Waals surface area contributed by atoms with E-state index in [2.05, 4.69) is 0 Å². The lowest BCUT2D eigenvalue weighted by Gasteiger charge is -2.32. The topological polar surface area (TPSA) is 46.3 Å². The van der Waals surface area contributed by atoms with Gasteiger partial charge in [0, 0.05) is 19.2 Å². The minimum atomic E-state index is -0.552. The molecule has 0 spiro atoms. The number of carbonyl (C=O) groups excluding carboxylic acids is 1. The summed E-state index contributed by atoms with van der Waals surface area (Å²) >= 11 is 0. The summed E-state index contributed by atoms with van der Waals surface area (Å²) in [6, 6.07) is 3.69. The molecule has 2 N–H and O–H groups in total. The molecule has 0 saturated carbocycles. The third kappa shape index (κ3) is 3.76. The predicted molar refractivity (Wildman–Crippen MR) is 73.0 cm³/mol. The van der Waals surface area contributed by atoms with Crippen LogP contribution in [0.4, 0.5) is 8.78 Å². The zero-order valence-corrected chi connectivity index (χ0v) is 11.4. The van der Waals surface area contributed by atoms with Crippen LogP contribution in [0.3, 0.4) is 0 Å². The van der Waals surface area contributed by atoms with E-state index in [0.717, 1.165) is 31.9 Å². The van der Waals surface area contributed by atoms with E-state index in [1.54, 1.807) is 4.90 Å². The summed E-state index contributed by atoms with van der Waals surface area (Å²) in [6.07, 6.45) is 3.37. The van der Waals surface area contributed by atoms with Crippen molar-refractivity contribution in [3.8, 4) is 0 Å². The van der Waals surface area contributed by atoms with E-state index in [1.165, 1.54) is 12.1 Å². The lowest BCUT2D eigenvalue weighted by atomic mass is 9.91. The quantitative estimate of drug-likeness (QED) is 0.919. The molecule has 1 unspecified atom stereocenters. The van der Waals surface area contributed by atoms with Crippen molar-refractivity contribution in [1.29, 1.82) is 0 Å². The molecule has 1 aromatic rings. The first-order valence-electron chi connectivity index (χ1n) is 7.02. The Morgan fingerprint density at radius 3 is 2.90 bits per heavy atom. The number of benzene rings is 1. The second-order valence-corrected chi connectivity index (χ2v) is 5.33. The van der Waals surface area contributed by atoms with Crippen molar-refractivity contribution in [2.24, 2.45) is 11.7 Å². The van der Waals surface area contributed by atoms with Gasteiger partial charge in [0.1, 0.15) is 11.6 Å². The van der Waals surface area contributed by atoms with Gasteiger partial charge < -0.3 is 10.6 Å². The molecule has 110 valence electrons. The fraction of sp³-hybridized carbons (Fsp3) is 0.533. The van der Waals surface area contributed by atoms with Gasteiger partial charge in [0.05, 0.1) is 6.54 Å². The van der Waals surface area contributed by atoms with E-state index in [9.17, 15) is 13.6 Å². The van der Waals surface area contributed by atoms with Crippen molar-refractivity contribution >= 4 is 5.91 Å².